The van der Waals surface area contributed by atoms with Gasteiger partial charge < -0.3 is 0 Å². The van der Waals surface area contributed by atoms with Crippen LogP contribution in [0, 0.1) is 6.92 Å². The van der Waals surface area contributed by atoms with E-state index < -0.39 is 0 Å². The minimum atomic E-state index is 0.670. The van der Waals surface area contributed by atoms with Gasteiger partial charge in [-0.05, 0) is 23.9 Å². The van der Waals surface area contributed by atoms with Crippen LogP contribution in [0.15, 0.2) is 47.0 Å². The minimum Gasteiger partial charge on any atom is -0.259 e. The van der Waals surface area contributed by atoms with E-state index in [1.165, 1.54) is 5.56 Å². The summed E-state index contributed by atoms with van der Waals surface area (Å²) in [7, 11) is 0. The topological polar surface area (TPSA) is 50.2 Å². The van der Waals surface area contributed by atoms with E-state index in [1.807, 2.05) is 30.5 Å². The van der Waals surface area contributed by atoms with E-state index in [0.717, 1.165) is 15.6 Å². The summed E-state index contributed by atoms with van der Waals surface area (Å²) in [5.41, 5.74) is 4.18. The SMILES string of the molecule is Cc1ccsc1/C=N\Nc1nncc2ccccc12. The molecule has 0 amide bonds. The van der Waals surface area contributed by atoms with Gasteiger partial charge in [-0.25, -0.2) is 0 Å². The fourth-order valence-corrected chi connectivity index (χ4v) is 2.57. The zero-order valence-electron chi connectivity index (χ0n) is 10.4. The minimum absolute atomic E-state index is 0.670. The van der Waals surface area contributed by atoms with Crippen molar-refractivity contribution in [1.29, 1.82) is 0 Å². The molecule has 94 valence electrons. The summed E-state index contributed by atoms with van der Waals surface area (Å²) in [6, 6.07) is 10.0. The maximum absolute atomic E-state index is 4.23. The van der Waals surface area contributed by atoms with Gasteiger partial charge in [-0.15, -0.1) is 16.4 Å². The number of hydrogen-bond donors (Lipinski definition) is 1. The molecule has 1 aromatic carbocycles. The summed E-state index contributed by atoms with van der Waals surface area (Å²) in [6.45, 7) is 2.07. The molecule has 0 spiro atoms. The van der Waals surface area contributed by atoms with Gasteiger partial charge in [0.15, 0.2) is 5.82 Å². The maximum atomic E-state index is 4.23. The Morgan fingerprint density at radius 3 is 3.00 bits per heavy atom. The molecule has 3 aromatic rings. The van der Waals surface area contributed by atoms with Gasteiger partial charge in [-0.1, -0.05) is 24.3 Å². The average Bonchev–Trinajstić information content (AvgIpc) is 2.85. The second kappa shape index (κ2) is 5.16. The molecule has 0 fully saturated rings. The number of rotatable bonds is 3. The molecule has 0 aliphatic rings. The number of aromatic nitrogens is 2. The fraction of sp³-hybridized carbons (Fsp3) is 0.0714. The monoisotopic (exact) mass is 268 g/mol. The first-order valence-electron chi connectivity index (χ1n) is 5.88. The molecular weight excluding hydrogens is 256 g/mol. The zero-order valence-corrected chi connectivity index (χ0v) is 11.2. The molecule has 0 aliphatic heterocycles. The Labute approximate surface area is 114 Å². The average molecular weight is 268 g/mol. The molecule has 5 heteroatoms. The lowest BCUT2D eigenvalue weighted by Crippen LogP contribution is -1.96. The number of thiophene rings is 1. The Balaban J connectivity index is 1.86. The quantitative estimate of drug-likeness (QED) is 0.584. The Hall–Kier alpha value is -2.27. The van der Waals surface area contributed by atoms with Crippen LogP contribution in [-0.2, 0) is 0 Å². The Bertz CT molecular complexity index is 728. The van der Waals surface area contributed by atoms with Crippen molar-refractivity contribution in [2.75, 3.05) is 5.43 Å². The highest BCUT2D eigenvalue weighted by atomic mass is 32.1. The van der Waals surface area contributed by atoms with Crippen LogP contribution in [0.1, 0.15) is 10.4 Å². The van der Waals surface area contributed by atoms with Crippen molar-refractivity contribution in [1.82, 2.24) is 10.2 Å². The number of nitrogens with one attached hydrogen (secondary N) is 1. The first-order valence-corrected chi connectivity index (χ1v) is 6.76. The molecule has 0 unspecified atom stereocenters. The van der Waals surface area contributed by atoms with Crippen LogP contribution in [0.2, 0.25) is 0 Å². The number of anilines is 1. The van der Waals surface area contributed by atoms with E-state index in [0.29, 0.717) is 5.82 Å². The van der Waals surface area contributed by atoms with Crippen LogP contribution >= 0.6 is 11.3 Å². The molecule has 0 saturated heterocycles. The molecule has 19 heavy (non-hydrogen) atoms. The van der Waals surface area contributed by atoms with E-state index in [9.17, 15) is 0 Å². The Kier molecular flexibility index (Phi) is 3.20. The van der Waals surface area contributed by atoms with Crippen LogP contribution in [0.5, 0.6) is 0 Å². The van der Waals surface area contributed by atoms with Gasteiger partial charge in [-0.2, -0.15) is 10.2 Å². The molecule has 0 aliphatic carbocycles. The lowest BCUT2D eigenvalue weighted by Gasteiger charge is -2.02. The highest BCUT2D eigenvalue weighted by Gasteiger charge is 2.01. The molecule has 4 nitrogen and oxygen atoms in total. The molecule has 1 N–H and O–H groups in total. The van der Waals surface area contributed by atoms with Crippen LogP contribution in [-0.4, -0.2) is 16.4 Å². The van der Waals surface area contributed by atoms with Crippen LogP contribution in [0.25, 0.3) is 10.8 Å². The van der Waals surface area contributed by atoms with Gasteiger partial charge in [0.25, 0.3) is 0 Å². The second-order valence-electron chi connectivity index (χ2n) is 4.12. The summed E-state index contributed by atoms with van der Waals surface area (Å²) in [4.78, 5) is 1.14. The van der Waals surface area contributed by atoms with Gasteiger partial charge in [0.1, 0.15) is 0 Å². The third-order valence-corrected chi connectivity index (χ3v) is 3.78. The standard InChI is InChI=1S/C14H12N4S/c1-10-6-7-19-13(10)9-16-18-14-12-5-3-2-4-11(12)8-15-17-14/h2-9H,1H3,(H,17,18)/b16-9-. The smallest absolute Gasteiger partial charge is 0.176 e. The molecule has 0 bridgehead atoms. The van der Waals surface area contributed by atoms with Gasteiger partial charge in [-0.3, -0.25) is 5.43 Å². The maximum Gasteiger partial charge on any atom is 0.176 e. The molecule has 3 rings (SSSR count). The van der Waals surface area contributed by atoms with Crippen molar-refractivity contribution in [2.24, 2.45) is 5.10 Å². The van der Waals surface area contributed by atoms with Crippen molar-refractivity contribution >= 4 is 34.1 Å². The van der Waals surface area contributed by atoms with E-state index >= 15 is 0 Å². The summed E-state index contributed by atoms with van der Waals surface area (Å²) in [6.07, 6.45) is 3.55. The van der Waals surface area contributed by atoms with Crippen LogP contribution in [0.4, 0.5) is 5.82 Å². The van der Waals surface area contributed by atoms with Crippen molar-refractivity contribution < 1.29 is 0 Å². The number of benzene rings is 1. The molecule has 0 saturated carbocycles. The van der Waals surface area contributed by atoms with E-state index in [1.54, 1.807) is 17.5 Å². The number of hydrogen-bond acceptors (Lipinski definition) is 5. The summed E-state index contributed by atoms with van der Waals surface area (Å²) in [5, 5.41) is 16.4. The molecule has 0 atom stereocenters. The van der Waals surface area contributed by atoms with Gasteiger partial charge in [0, 0.05) is 15.6 Å². The van der Waals surface area contributed by atoms with Crippen LogP contribution < -0.4 is 5.43 Å². The van der Waals surface area contributed by atoms with E-state index in [2.05, 4.69) is 39.1 Å². The first kappa shape index (κ1) is 11.8. The summed E-state index contributed by atoms with van der Waals surface area (Å²) >= 11 is 1.66. The normalized spacial score (nSPS) is 11.2. The number of fused-ring (bicyclic) bond motifs is 1. The first-order chi connectivity index (χ1) is 9.34. The van der Waals surface area contributed by atoms with Crippen molar-refractivity contribution in [3.63, 3.8) is 0 Å². The fourth-order valence-electron chi connectivity index (χ4n) is 1.78. The molecular formula is C14H12N4S. The summed E-state index contributed by atoms with van der Waals surface area (Å²) in [5.74, 6) is 0.670. The van der Waals surface area contributed by atoms with E-state index in [-0.39, 0.29) is 0 Å². The summed E-state index contributed by atoms with van der Waals surface area (Å²) < 4.78 is 0. The third kappa shape index (κ3) is 2.46. The predicted molar refractivity (Wildman–Crippen MR) is 79.8 cm³/mol. The van der Waals surface area contributed by atoms with Gasteiger partial charge in [0.2, 0.25) is 0 Å². The zero-order chi connectivity index (χ0) is 13.1. The molecule has 2 heterocycles. The lowest BCUT2D eigenvalue weighted by atomic mass is 10.2. The molecule has 0 radical (unpaired) electrons. The second-order valence-corrected chi connectivity index (χ2v) is 5.07. The predicted octanol–water partition coefficient (Wildman–Crippen LogP) is 3.45. The third-order valence-electron chi connectivity index (χ3n) is 2.82. The van der Waals surface area contributed by atoms with E-state index in [4.69, 9.17) is 0 Å². The number of hydrazone groups is 1. The lowest BCUT2D eigenvalue weighted by molar-refractivity contribution is 1.04. The Morgan fingerprint density at radius 2 is 2.16 bits per heavy atom. The largest absolute Gasteiger partial charge is 0.259 e. The highest BCUT2D eigenvalue weighted by molar-refractivity contribution is 7.11. The van der Waals surface area contributed by atoms with Crippen molar-refractivity contribution in [3.8, 4) is 0 Å². The van der Waals surface area contributed by atoms with Crippen LogP contribution in [0.3, 0.4) is 0 Å². The van der Waals surface area contributed by atoms with Gasteiger partial charge >= 0.3 is 0 Å². The highest BCUT2D eigenvalue weighted by Crippen LogP contribution is 2.19. The number of nitrogens with zero attached hydrogens (tertiary/aromatic N) is 3. The van der Waals surface area contributed by atoms with Crippen molar-refractivity contribution in [2.45, 2.75) is 6.92 Å². The van der Waals surface area contributed by atoms with Gasteiger partial charge in [0.05, 0.1) is 12.4 Å². The number of aryl methyl sites for hydroxylation is 1. The van der Waals surface area contributed by atoms with Crippen molar-refractivity contribution in [3.05, 3.63) is 52.3 Å². The Morgan fingerprint density at radius 1 is 1.26 bits per heavy atom. The molecule has 2 aromatic heterocycles.